The van der Waals surface area contributed by atoms with Crippen LogP contribution in [-0.4, -0.2) is 37.0 Å². The van der Waals surface area contributed by atoms with Crippen LogP contribution >= 0.6 is 0 Å². The average Bonchev–Trinajstić information content (AvgIpc) is 2.69. The lowest BCUT2D eigenvalue weighted by molar-refractivity contribution is -0.147. The van der Waals surface area contributed by atoms with Crippen LogP contribution in [0.2, 0.25) is 0 Å². The molecule has 0 aliphatic carbocycles. The minimum absolute atomic E-state index is 0.0353. The number of aliphatic hydroxyl groups is 1. The van der Waals surface area contributed by atoms with Gasteiger partial charge in [0.15, 0.2) is 0 Å². The largest absolute Gasteiger partial charge is 0.463 e. The van der Waals surface area contributed by atoms with Gasteiger partial charge >= 0.3 is 5.97 Å². The van der Waals surface area contributed by atoms with Crippen molar-refractivity contribution < 1.29 is 19.4 Å². The first-order valence-corrected chi connectivity index (χ1v) is 11.8. The predicted molar refractivity (Wildman–Crippen MR) is 118 cm³/mol. The van der Waals surface area contributed by atoms with Gasteiger partial charge in [-0.2, -0.15) is 0 Å². The average molecular weight is 399 g/mol. The number of rotatable bonds is 21. The first kappa shape index (κ1) is 27.1. The van der Waals surface area contributed by atoms with Gasteiger partial charge in [0.1, 0.15) is 12.7 Å². The Balaban J connectivity index is 3.29. The fourth-order valence-corrected chi connectivity index (χ4v) is 3.01. The number of esters is 1. The van der Waals surface area contributed by atoms with Gasteiger partial charge in [-0.05, 0) is 38.5 Å². The summed E-state index contributed by atoms with van der Waals surface area (Å²) in [5.41, 5.74) is 0. The van der Waals surface area contributed by atoms with Crippen molar-refractivity contribution in [3.05, 3.63) is 12.2 Å². The molecule has 0 spiro atoms. The summed E-state index contributed by atoms with van der Waals surface area (Å²) in [5.74, 6) is -0.216. The van der Waals surface area contributed by atoms with Crippen LogP contribution < -0.4 is 0 Å². The van der Waals surface area contributed by atoms with Crippen molar-refractivity contribution in [2.75, 3.05) is 19.8 Å². The van der Waals surface area contributed by atoms with Crippen molar-refractivity contribution in [1.82, 2.24) is 0 Å². The van der Waals surface area contributed by atoms with Gasteiger partial charge < -0.3 is 14.6 Å². The number of allylic oxidation sites excluding steroid dienone is 2. The lowest BCUT2D eigenvalue weighted by atomic mass is 10.1. The summed E-state index contributed by atoms with van der Waals surface area (Å²) in [6.07, 6.45) is 21.5. The Morgan fingerprint density at radius 3 is 1.96 bits per heavy atom. The number of hydrogen-bond acceptors (Lipinski definition) is 4. The maximum atomic E-state index is 11.6. The lowest BCUT2D eigenvalue weighted by Crippen LogP contribution is -2.23. The summed E-state index contributed by atoms with van der Waals surface area (Å²) in [6, 6.07) is 0. The highest BCUT2D eigenvalue weighted by atomic mass is 16.5. The van der Waals surface area contributed by atoms with Crippen molar-refractivity contribution in [2.24, 2.45) is 0 Å². The van der Waals surface area contributed by atoms with Crippen molar-refractivity contribution in [1.29, 1.82) is 0 Å². The van der Waals surface area contributed by atoms with Crippen molar-refractivity contribution >= 4 is 5.97 Å². The quantitative estimate of drug-likeness (QED) is 0.139. The topological polar surface area (TPSA) is 55.8 Å². The van der Waals surface area contributed by atoms with Crippen LogP contribution in [0, 0.1) is 0 Å². The molecule has 0 aliphatic rings. The number of ether oxygens (including phenoxy) is 2. The Kier molecular flexibility index (Phi) is 21.7. The normalized spacial score (nSPS) is 12.5. The van der Waals surface area contributed by atoms with E-state index in [4.69, 9.17) is 9.47 Å². The predicted octanol–water partition coefficient (Wildman–Crippen LogP) is 6.35. The third-order valence-electron chi connectivity index (χ3n) is 4.74. The molecule has 0 saturated heterocycles. The van der Waals surface area contributed by atoms with E-state index >= 15 is 0 Å². The zero-order chi connectivity index (χ0) is 20.7. The van der Waals surface area contributed by atoms with Gasteiger partial charge in [0.05, 0.1) is 6.61 Å². The van der Waals surface area contributed by atoms with E-state index in [1.165, 1.54) is 70.6 Å². The summed E-state index contributed by atoms with van der Waals surface area (Å²) in [7, 11) is 0. The van der Waals surface area contributed by atoms with E-state index in [1.807, 2.05) is 6.92 Å². The highest BCUT2D eigenvalue weighted by Gasteiger charge is 2.08. The van der Waals surface area contributed by atoms with E-state index in [1.54, 1.807) is 0 Å². The summed E-state index contributed by atoms with van der Waals surface area (Å²) in [6.45, 7) is 5.17. The molecule has 0 aromatic heterocycles. The summed E-state index contributed by atoms with van der Waals surface area (Å²) in [4.78, 5) is 11.6. The molecule has 0 fully saturated rings. The highest BCUT2D eigenvalue weighted by molar-refractivity contribution is 5.69. The van der Waals surface area contributed by atoms with E-state index in [9.17, 15) is 9.90 Å². The molecule has 0 heterocycles. The zero-order valence-electron chi connectivity index (χ0n) is 18.6. The Labute approximate surface area is 174 Å². The molecule has 166 valence electrons. The SMILES string of the molecule is CCCCCCCC/C=C/CCCCCCCC(=O)OCC(O)COCCC. The van der Waals surface area contributed by atoms with E-state index in [0.717, 1.165) is 19.3 Å². The Hall–Kier alpha value is -0.870. The zero-order valence-corrected chi connectivity index (χ0v) is 18.6. The second kappa shape index (κ2) is 22.4. The maximum absolute atomic E-state index is 11.6. The van der Waals surface area contributed by atoms with Gasteiger partial charge in [-0.15, -0.1) is 0 Å². The second-order valence-corrected chi connectivity index (χ2v) is 7.75. The highest BCUT2D eigenvalue weighted by Crippen LogP contribution is 2.10. The first-order valence-electron chi connectivity index (χ1n) is 11.8. The summed E-state index contributed by atoms with van der Waals surface area (Å²) in [5, 5.41) is 9.62. The molecular formula is C24H46O4. The fraction of sp³-hybridized carbons (Fsp3) is 0.875. The number of carbonyl (C=O) groups is 1. The molecule has 0 aromatic carbocycles. The molecule has 0 aliphatic heterocycles. The molecule has 1 N–H and O–H groups in total. The Bertz CT molecular complexity index is 355. The van der Waals surface area contributed by atoms with Gasteiger partial charge in [-0.1, -0.05) is 77.4 Å². The van der Waals surface area contributed by atoms with Gasteiger partial charge in [-0.25, -0.2) is 0 Å². The van der Waals surface area contributed by atoms with Crippen molar-refractivity contribution in [3.8, 4) is 0 Å². The van der Waals surface area contributed by atoms with Crippen LogP contribution in [-0.2, 0) is 14.3 Å². The standard InChI is InChI=1S/C24H46O4/c1-3-5-6-7-8-9-10-11-12-13-14-15-16-17-18-19-24(26)28-22-23(25)21-27-20-4-2/h11-12,23,25H,3-10,13-22H2,1-2H3/b12-11+. The Morgan fingerprint density at radius 1 is 0.786 bits per heavy atom. The fourth-order valence-electron chi connectivity index (χ4n) is 3.01. The number of hydrogen-bond donors (Lipinski definition) is 1. The summed E-state index contributed by atoms with van der Waals surface area (Å²) >= 11 is 0. The van der Waals surface area contributed by atoms with Crippen molar-refractivity contribution in [3.63, 3.8) is 0 Å². The van der Waals surface area contributed by atoms with Crippen LogP contribution in [0.5, 0.6) is 0 Å². The minimum atomic E-state index is -0.718. The Morgan fingerprint density at radius 2 is 1.36 bits per heavy atom. The number of aliphatic hydroxyl groups excluding tert-OH is 1. The molecular weight excluding hydrogens is 352 g/mol. The molecule has 4 nitrogen and oxygen atoms in total. The maximum Gasteiger partial charge on any atom is 0.305 e. The van der Waals surface area contributed by atoms with Crippen LogP contribution in [0.3, 0.4) is 0 Å². The molecule has 1 atom stereocenters. The van der Waals surface area contributed by atoms with Crippen LogP contribution in [0.1, 0.15) is 110 Å². The van der Waals surface area contributed by atoms with E-state index in [0.29, 0.717) is 13.0 Å². The third-order valence-corrected chi connectivity index (χ3v) is 4.74. The molecule has 0 rings (SSSR count). The molecule has 1 unspecified atom stereocenters. The lowest BCUT2D eigenvalue weighted by Gasteiger charge is -2.11. The van der Waals surface area contributed by atoms with Crippen LogP contribution in [0.4, 0.5) is 0 Å². The van der Waals surface area contributed by atoms with Gasteiger partial charge in [0, 0.05) is 13.0 Å². The second-order valence-electron chi connectivity index (χ2n) is 7.75. The summed E-state index contributed by atoms with van der Waals surface area (Å²) < 4.78 is 10.3. The van der Waals surface area contributed by atoms with Crippen LogP contribution in [0.15, 0.2) is 12.2 Å². The van der Waals surface area contributed by atoms with Gasteiger partial charge in [-0.3, -0.25) is 4.79 Å². The van der Waals surface area contributed by atoms with E-state index in [2.05, 4.69) is 19.1 Å². The van der Waals surface area contributed by atoms with E-state index in [-0.39, 0.29) is 19.2 Å². The minimum Gasteiger partial charge on any atom is -0.463 e. The smallest absolute Gasteiger partial charge is 0.305 e. The third kappa shape index (κ3) is 21.4. The van der Waals surface area contributed by atoms with Gasteiger partial charge in [0.25, 0.3) is 0 Å². The molecule has 0 bridgehead atoms. The first-order chi connectivity index (χ1) is 13.7. The number of unbranched alkanes of at least 4 members (excludes halogenated alkanes) is 11. The molecule has 28 heavy (non-hydrogen) atoms. The molecule has 0 radical (unpaired) electrons. The molecule has 4 heteroatoms. The monoisotopic (exact) mass is 398 g/mol. The molecule has 0 aromatic rings. The van der Waals surface area contributed by atoms with Crippen molar-refractivity contribution in [2.45, 2.75) is 116 Å². The number of carbonyl (C=O) groups excluding carboxylic acids is 1. The molecule has 0 amide bonds. The molecule has 0 saturated carbocycles. The van der Waals surface area contributed by atoms with Crippen LogP contribution in [0.25, 0.3) is 0 Å². The van der Waals surface area contributed by atoms with Gasteiger partial charge in [0.2, 0.25) is 0 Å². The van der Waals surface area contributed by atoms with E-state index < -0.39 is 6.10 Å².